The van der Waals surface area contributed by atoms with E-state index >= 15 is 0 Å². The maximum Gasteiger partial charge on any atom is 0.220 e. The SMILES string of the molecule is CC(CC(=O)NC1(CBr)CCCC1)C(C)(C)C. The van der Waals surface area contributed by atoms with Gasteiger partial charge in [-0.2, -0.15) is 0 Å². The Morgan fingerprint density at radius 3 is 2.29 bits per heavy atom. The van der Waals surface area contributed by atoms with Crippen molar-refractivity contribution in [2.45, 2.75) is 65.3 Å². The molecule has 0 aromatic carbocycles. The molecule has 17 heavy (non-hydrogen) atoms. The molecule has 1 amide bonds. The van der Waals surface area contributed by atoms with Crippen LogP contribution in [0.25, 0.3) is 0 Å². The van der Waals surface area contributed by atoms with Crippen molar-refractivity contribution in [3.63, 3.8) is 0 Å². The van der Waals surface area contributed by atoms with E-state index in [0.29, 0.717) is 12.3 Å². The van der Waals surface area contributed by atoms with Gasteiger partial charge in [0.2, 0.25) is 5.91 Å². The zero-order chi connectivity index (χ0) is 13.1. The van der Waals surface area contributed by atoms with Gasteiger partial charge in [0.05, 0.1) is 0 Å². The van der Waals surface area contributed by atoms with Crippen molar-refractivity contribution in [2.24, 2.45) is 11.3 Å². The van der Waals surface area contributed by atoms with Crippen molar-refractivity contribution in [3.8, 4) is 0 Å². The fourth-order valence-electron chi connectivity index (χ4n) is 2.27. The first-order valence-corrected chi connectivity index (χ1v) is 7.78. The summed E-state index contributed by atoms with van der Waals surface area (Å²) in [6.45, 7) is 8.75. The van der Waals surface area contributed by atoms with Gasteiger partial charge in [-0.05, 0) is 24.2 Å². The molecule has 1 rings (SSSR count). The summed E-state index contributed by atoms with van der Waals surface area (Å²) in [5.74, 6) is 0.630. The quantitative estimate of drug-likeness (QED) is 0.785. The molecule has 1 aliphatic carbocycles. The third-order valence-electron chi connectivity index (χ3n) is 4.19. The first-order valence-electron chi connectivity index (χ1n) is 6.66. The van der Waals surface area contributed by atoms with E-state index in [2.05, 4.69) is 48.9 Å². The van der Waals surface area contributed by atoms with Crippen LogP contribution in [-0.2, 0) is 4.79 Å². The number of amides is 1. The average molecular weight is 304 g/mol. The Bertz CT molecular complexity index is 264. The standard InChI is InChI=1S/C14H26BrNO/c1-11(13(2,3)4)9-12(17)16-14(10-15)7-5-6-8-14/h11H,5-10H2,1-4H3,(H,16,17). The van der Waals surface area contributed by atoms with Gasteiger partial charge in [0.15, 0.2) is 0 Å². The molecule has 0 radical (unpaired) electrons. The summed E-state index contributed by atoms with van der Waals surface area (Å²) < 4.78 is 0. The highest BCUT2D eigenvalue weighted by atomic mass is 79.9. The number of nitrogens with one attached hydrogen (secondary N) is 1. The van der Waals surface area contributed by atoms with Crippen LogP contribution in [0.4, 0.5) is 0 Å². The van der Waals surface area contributed by atoms with Crippen molar-refractivity contribution in [2.75, 3.05) is 5.33 Å². The first-order chi connectivity index (χ1) is 7.79. The van der Waals surface area contributed by atoms with Crippen LogP contribution in [0.15, 0.2) is 0 Å². The van der Waals surface area contributed by atoms with Crippen LogP contribution < -0.4 is 5.32 Å². The molecule has 1 unspecified atom stereocenters. The van der Waals surface area contributed by atoms with Crippen LogP contribution in [0.5, 0.6) is 0 Å². The monoisotopic (exact) mass is 303 g/mol. The maximum atomic E-state index is 12.1. The number of halogens is 1. The number of carbonyl (C=O) groups is 1. The summed E-state index contributed by atoms with van der Waals surface area (Å²) in [7, 11) is 0. The van der Waals surface area contributed by atoms with Gasteiger partial charge in [0, 0.05) is 17.3 Å². The Kier molecular flexibility index (Phi) is 5.06. The second-order valence-corrected chi connectivity index (χ2v) is 7.20. The van der Waals surface area contributed by atoms with Crippen molar-refractivity contribution in [1.29, 1.82) is 0 Å². The van der Waals surface area contributed by atoms with Crippen molar-refractivity contribution in [3.05, 3.63) is 0 Å². The molecule has 1 N–H and O–H groups in total. The Hall–Kier alpha value is -0.0500. The Labute approximate surface area is 114 Å². The van der Waals surface area contributed by atoms with Gasteiger partial charge in [-0.3, -0.25) is 4.79 Å². The summed E-state index contributed by atoms with van der Waals surface area (Å²) in [5, 5.41) is 4.14. The number of hydrogen-bond donors (Lipinski definition) is 1. The summed E-state index contributed by atoms with van der Waals surface area (Å²) >= 11 is 3.55. The molecule has 0 heterocycles. The lowest BCUT2D eigenvalue weighted by molar-refractivity contribution is -0.124. The van der Waals surface area contributed by atoms with Crippen molar-refractivity contribution >= 4 is 21.8 Å². The molecule has 1 atom stereocenters. The van der Waals surface area contributed by atoms with E-state index in [-0.39, 0.29) is 16.9 Å². The Morgan fingerprint density at radius 2 is 1.88 bits per heavy atom. The normalized spacial score (nSPS) is 21.2. The van der Waals surface area contributed by atoms with Gasteiger partial charge < -0.3 is 5.32 Å². The van der Waals surface area contributed by atoms with Crippen LogP contribution in [-0.4, -0.2) is 16.8 Å². The molecule has 0 aliphatic heterocycles. The number of hydrogen-bond acceptors (Lipinski definition) is 1. The second-order valence-electron chi connectivity index (χ2n) is 6.64. The van der Waals surface area contributed by atoms with E-state index in [1.165, 1.54) is 12.8 Å². The Balaban J connectivity index is 2.49. The van der Waals surface area contributed by atoms with E-state index < -0.39 is 0 Å². The van der Waals surface area contributed by atoms with Crippen molar-refractivity contribution in [1.82, 2.24) is 5.32 Å². The lowest BCUT2D eigenvalue weighted by Gasteiger charge is -2.31. The molecule has 1 saturated carbocycles. The van der Waals surface area contributed by atoms with Gasteiger partial charge >= 0.3 is 0 Å². The lowest BCUT2D eigenvalue weighted by Crippen LogP contribution is -2.48. The minimum Gasteiger partial charge on any atom is -0.350 e. The highest BCUT2D eigenvalue weighted by Crippen LogP contribution is 2.32. The maximum absolute atomic E-state index is 12.1. The molecule has 2 nitrogen and oxygen atoms in total. The van der Waals surface area contributed by atoms with E-state index in [4.69, 9.17) is 0 Å². The summed E-state index contributed by atoms with van der Waals surface area (Å²) in [5.41, 5.74) is 0.239. The topological polar surface area (TPSA) is 29.1 Å². The highest BCUT2D eigenvalue weighted by molar-refractivity contribution is 9.09. The predicted molar refractivity (Wildman–Crippen MR) is 76.4 cm³/mol. The lowest BCUT2D eigenvalue weighted by atomic mass is 9.80. The Morgan fingerprint density at radius 1 is 1.35 bits per heavy atom. The number of carbonyl (C=O) groups excluding carboxylic acids is 1. The molecular formula is C14H26BrNO. The van der Waals surface area contributed by atoms with Crippen LogP contribution in [0.1, 0.15) is 59.8 Å². The van der Waals surface area contributed by atoms with Gasteiger partial charge in [0.1, 0.15) is 0 Å². The van der Waals surface area contributed by atoms with E-state index in [1.807, 2.05) is 0 Å². The zero-order valence-electron chi connectivity index (χ0n) is 11.6. The highest BCUT2D eigenvalue weighted by Gasteiger charge is 2.34. The fourth-order valence-corrected chi connectivity index (χ4v) is 2.98. The smallest absolute Gasteiger partial charge is 0.220 e. The molecule has 0 saturated heterocycles. The van der Waals surface area contributed by atoms with Crippen LogP contribution in [0, 0.1) is 11.3 Å². The molecular weight excluding hydrogens is 278 g/mol. The third-order valence-corrected chi connectivity index (χ3v) is 5.26. The van der Waals surface area contributed by atoms with Gasteiger partial charge in [0.25, 0.3) is 0 Å². The molecule has 1 aliphatic rings. The summed E-state index contributed by atoms with van der Waals surface area (Å²) in [6.07, 6.45) is 5.35. The minimum atomic E-state index is 0.0364. The summed E-state index contributed by atoms with van der Waals surface area (Å²) in [6, 6.07) is 0. The number of rotatable bonds is 4. The molecule has 100 valence electrons. The molecule has 3 heteroatoms. The second kappa shape index (κ2) is 5.73. The third kappa shape index (κ3) is 4.27. The van der Waals surface area contributed by atoms with Gasteiger partial charge in [-0.15, -0.1) is 0 Å². The van der Waals surface area contributed by atoms with Gasteiger partial charge in [-0.25, -0.2) is 0 Å². The average Bonchev–Trinajstić information content (AvgIpc) is 2.65. The zero-order valence-corrected chi connectivity index (χ0v) is 13.2. The fraction of sp³-hybridized carbons (Fsp3) is 0.929. The molecule has 0 aromatic rings. The van der Waals surface area contributed by atoms with E-state index in [1.54, 1.807) is 0 Å². The number of alkyl halides is 1. The molecule has 0 bridgehead atoms. The summed E-state index contributed by atoms with van der Waals surface area (Å²) in [4.78, 5) is 12.1. The van der Waals surface area contributed by atoms with Crippen LogP contribution >= 0.6 is 15.9 Å². The van der Waals surface area contributed by atoms with Crippen LogP contribution in [0.3, 0.4) is 0 Å². The largest absolute Gasteiger partial charge is 0.350 e. The van der Waals surface area contributed by atoms with E-state index in [0.717, 1.165) is 18.2 Å². The molecule has 0 spiro atoms. The molecule has 1 fully saturated rings. The van der Waals surface area contributed by atoms with E-state index in [9.17, 15) is 4.79 Å². The predicted octanol–water partition coefficient (Wildman–Crippen LogP) is 3.88. The first kappa shape index (κ1) is 15.0. The van der Waals surface area contributed by atoms with Gasteiger partial charge in [-0.1, -0.05) is 56.5 Å². The van der Waals surface area contributed by atoms with Crippen LogP contribution in [0.2, 0.25) is 0 Å². The van der Waals surface area contributed by atoms with Crippen molar-refractivity contribution < 1.29 is 4.79 Å². The minimum absolute atomic E-state index is 0.0364. The molecule has 0 aromatic heterocycles.